The van der Waals surface area contributed by atoms with Crippen LogP contribution in [0.1, 0.15) is 20.8 Å². The van der Waals surface area contributed by atoms with Gasteiger partial charge in [0.25, 0.3) is 0 Å². The van der Waals surface area contributed by atoms with E-state index in [-0.39, 0.29) is 16.0 Å². The maximum Gasteiger partial charge on any atom is 0.242 e. The molecule has 0 saturated heterocycles. The van der Waals surface area contributed by atoms with Crippen LogP contribution in [-0.2, 0) is 14.8 Å². The standard InChI is InChI=1S/C12H18ClN3O3S/c1-7(2)15-12(17)8(3)16-20(18,19)11-5-4-9(14)6-10(11)13/h4-8,16H,14H2,1-3H3,(H,15,17). The van der Waals surface area contributed by atoms with Gasteiger partial charge in [0, 0.05) is 11.7 Å². The molecule has 20 heavy (non-hydrogen) atoms. The molecular formula is C12H18ClN3O3S. The van der Waals surface area contributed by atoms with Crippen molar-refractivity contribution in [1.29, 1.82) is 0 Å². The fourth-order valence-electron chi connectivity index (χ4n) is 1.49. The van der Waals surface area contributed by atoms with Crippen molar-refractivity contribution < 1.29 is 13.2 Å². The first-order valence-electron chi connectivity index (χ1n) is 6.01. The van der Waals surface area contributed by atoms with Crippen molar-refractivity contribution in [3.05, 3.63) is 23.2 Å². The maximum atomic E-state index is 12.1. The molecule has 0 fully saturated rings. The summed E-state index contributed by atoms with van der Waals surface area (Å²) in [5, 5.41) is 2.63. The van der Waals surface area contributed by atoms with E-state index in [9.17, 15) is 13.2 Å². The lowest BCUT2D eigenvalue weighted by atomic mass is 10.3. The number of carbonyl (C=O) groups excluding carboxylic acids is 1. The molecular weight excluding hydrogens is 302 g/mol. The molecule has 1 unspecified atom stereocenters. The lowest BCUT2D eigenvalue weighted by Gasteiger charge is -2.16. The number of nitrogen functional groups attached to an aromatic ring is 1. The van der Waals surface area contributed by atoms with Crippen LogP contribution in [0.25, 0.3) is 0 Å². The predicted octanol–water partition coefficient (Wildman–Crippen LogP) is 1.11. The molecule has 4 N–H and O–H groups in total. The lowest BCUT2D eigenvalue weighted by Crippen LogP contribution is -2.46. The number of hydrogen-bond acceptors (Lipinski definition) is 4. The zero-order valence-corrected chi connectivity index (χ0v) is 13.0. The van der Waals surface area contributed by atoms with E-state index in [0.717, 1.165) is 0 Å². The molecule has 0 spiro atoms. The highest BCUT2D eigenvalue weighted by Gasteiger charge is 2.24. The highest BCUT2D eigenvalue weighted by Crippen LogP contribution is 2.23. The molecule has 0 aliphatic heterocycles. The van der Waals surface area contributed by atoms with Crippen molar-refractivity contribution in [3.63, 3.8) is 0 Å². The average molecular weight is 320 g/mol. The van der Waals surface area contributed by atoms with Gasteiger partial charge in [-0.3, -0.25) is 4.79 Å². The Morgan fingerprint density at radius 2 is 1.90 bits per heavy atom. The minimum Gasteiger partial charge on any atom is -0.399 e. The second kappa shape index (κ2) is 6.43. The summed E-state index contributed by atoms with van der Waals surface area (Å²) in [7, 11) is -3.89. The Morgan fingerprint density at radius 3 is 2.40 bits per heavy atom. The topological polar surface area (TPSA) is 101 Å². The summed E-state index contributed by atoms with van der Waals surface area (Å²) >= 11 is 5.86. The number of nitrogens with one attached hydrogen (secondary N) is 2. The molecule has 1 amide bonds. The summed E-state index contributed by atoms with van der Waals surface area (Å²) in [6.07, 6.45) is 0. The van der Waals surface area contributed by atoms with E-state index in [4.69, 9.17) is 17.3 Å². The van der Waals surface area contributed by atoms with Gasteiger partial charge in [0.15, 0.2) is 0 Å². The Labute approximate surface area is 123 Å². The molecule has 0 aromatic heterocycles. The molecule has 1 aromatic carbocycles. The van der Waals surface area contributed by atoms with Crippen LogP contribution in [0.5, 0.6) is 0 Å². The van der Waals surface area contributed by atoms with E-state index in [1.54, 1.807) is 13.8 Å². The Balaban J connectivity index is 2.92. The van der Waals surface area contributed by atoms with Crippen LogP contribution in [0, 0.1) is 0 Å². The summed E-state index contributed by atoms with van der Waals surface area (Å²) < 4.78 is 26.6. The summed E-state index contributed by atoms with van der Waals surface area (Å²) in [4.78, 5) is 11.6. The zero-order valence-electron chi connectivity index (χ0n) is 11.5. The molecule has 8 heteroatoms. The summed E-state index contributed by atoms with van der Waals surface area (Å²) in [5.41, 5.74) is 5.87. The number of hydrogen-bond donors (Lipinski definition) is 3. The normalized spacial score (nSPS) is 13.2. The monoisotopic (exact) mass is 319 g/mol. The summed E-state index contributed by atoms with van der Waals surface area (Å²) in [6, 6.07) is 3.09. The second-order valence-corrected chi connectivity index (χ2v) is 6.79. The average Bonchev–Trinajstić information content (AvgIpc) is 2.26. The van der Waals surface area contributed by atoms with Gasteiger partial charge in [0.05, 0.1) is 11.1 Å². The summed E-state index contributed by atoms with van der Waals surface area (Å²) in [6.45, 7) is 5.03. The Kier molecular flexibility index (Phi) is 5.38. The van der Waals surface area contributed by atoms with E-state index >= 15 is 0 Å². The van der Waals surface area contributed by atoms with E-state index in [1.807, 2.05) is 0 Å². The molecule has 6 nitrogen and oxygen atoms in total. The minimum atomic E-state index is -3.89. The number of sulfonamides is 1. The Bertz CT molecular complexity index is 602. The summed E-state index contributed by atoms with van der Waals surface area (Å²) in [5.74, 6) is -0.407. The molecule has 1 aromatic rings. The van der Waals surface area contributed by atoms with Crippen molar-refractivity contribution in [2.45, 2.75) is 37.8 Å². The fraction of sp³-hybridized carbons (Fsp3) is 0.417. The third kappa shape index (κ3) is 4.36. The van der Waals surface area contributed by atoms with Gasteiger partial charge in [-0.25, -0.2) is 8.42 Å². The van der Waals surface area contributed by atoms with Gasteiger partial charge in [-0.15, -0.1) is 0 Å². The van der Waals surface area contributed by atoms with Crippen LogP contribution >= 0.6 is 11.6 Å². The van der Waals surface area contributed by atoms with Crippen molar-refractivity contribution in [2.75, 3.05) is 5.73 Å². The first-order valence-corrected chi connectivity index (χ1v) is 7.87. The largest absolute Gasteiger partial charge is 0.399 e. The van der Waals surface area contributed by atoms with Gasteiger partial charge in [-0.05, 0) is 39.0 Å². The molecule has 0 aliphatic carbocycles. The first-order chi connectivity index (χ1) is 9.13. The Hall–Kier alpha value is -1.31. The maximum absolute atomic E-state index is 12.1. The lowest BCUT2D eigenvalue weighted by molar-refractivity contribution is -0.122. The number of halogens is 1. The van der Waals surface area contributed by atoms with E-state index < -0.39 is 22.0 Å². The van der Waals surface area contributed by atoms with Crippen molar-refractivity contribution in [3.8, 4) is 0 Å². The number of rotatable bonds is 5. The van der Waals surface area contributed by atoms with Crippen LogP contribution < -0.4 is 15.8 Å². The van der Waals surface area contributed by atoms with Gasteiger partial charge >= 0.3 is 0 Å². The van der Waals surface area contributed by atoms with Gasteiger partial charge in [-0.2, -0.15) is 4.72 Å². The number of nitrogens with two attached hydrogens (primary N) is 1. The van der Waals surface area contributed by atoms with Crippen molar-refractivity contribution in [1.82, 2.24) is 10.0 Å². The van der Waals surface area contributed by atoms with E-state index in [2.05, 4.69) is 10.0 Å². The third-order valence-corrected chi connectivity index (χ3v) is 4.43. The third-order valence-electron chi connectivity index (χ3n) is 2.40. The minimum absolute atomic E-state index is 0.00830. The second-order valence-electron chi connectivity index (χ2n) is 4.70. The molecule has 0 saturated carbocycles. The first kappa shape index (κ1) is 16.7. The fourth-order valence-corrected chi connectivity index (χ4v) is 3.25. The smallest absolute Gasteiger partial charge is 0.242 e. The van der Waals surface area contributed by atoms with Crippen LogP contribution in [0.15, 0.2) is 23.1 Å². The van der Waals surface area contributed by atoms with Crippen LogP contribution in [0.4, 0.5) is 5.69 Å². The molecule has 0 radical (unpaired) electrons. The highest BCUT2D eigenvalue weighted by atomic mass is 35.5. The molecule has 1 atom stereocenters. The van der Waals surface area contributed by atoms with Crippen molar-refractivity contribution >= 4 is 33.2 Å². The van der Waals surface area contributed by atoms with E-state index in [1.165, 1.54) is 25.1 Å². The molecule has 112 valence electrons. The van der Waals surface area contributed by atoms with Gasteiger partial charge in [-0.1, -0.05) is 11.6 Å². The van der Waals surface area contributed by atoms with Crippen molar-refractivity contribution in [2.24, 2.45) is 0 Å². The molecule has 0 bridgehead atoms. The van der Waals surface area contributed by atoms with Gasteiger partial charge in [0.1, 0.15) is 4.90 Å². The molecule has 1 rings (SSSR count). The molecule has 0 aliphatic rings. The zero-order chi connectivity index (χ0) is 15.5. The quantitative estimate of drug-likeness (QED) is 0.708. The number of carbonyl (C=O) groups is 1. The molecule has 0 heterocycles. The van der Waals surface area contributed by atoms with Gasteiger partial charge < -0.3 is 11.1 Å². The van der Waals surface area contributed by atoms with Crippen LogP contribution in [-0.4, -0.2) is 26.4 Å². The number of amides is 1. The van der Waals surface area contributed by atoms with E-state index in [0.29, 0.717) is 5.69 Å². The predicted molar refractivity (Wildman–Crippen MR) is 78.9 cm³/mol. The SMILES string of the molecule is CC(C)NC(=O)C(C)NS(=O)(=O)c1ccc(N)cc1Cl. The van der Waals surface area contributed by atoms with Crippen LogP contribution in [0.3, 0.4) is 0 Å². The highest BCUT2D eigenvalue weighted by molar-refractivity contribution is 7.89. The van der Waals surface area contributed by atoms with Crippen LogP contribution in [0.2, 0.25) is 5.02 Å². The Morgan fingerprint density at radius 1 is 1.30 bits per heavy atom. The number of anilines is 1. The number of benzene rings is 1. The van der Waals surface area contributed by atoms with Gasteiger partial charge in [0.2, 0.25) is 15.9 Å².